The molecule has 0 saturated carbocycles. The van der Waals surface area contributed by atoms with E-state index in [1.807, 2.05) is 0 Å². The second-order valence-corrected chi connectivity index (χ2v) is 5.02. The molecule has 96 valence electrons. The van der Waals surface area contributed by atoms with E-state index in [9.17, 15) is 9.59 Å². The largest absolute Gasteiger partial charge is 0.294 e. The van der Waals surface area contributed by atoms with Crippen molar-refractivity contribution in [1.29, 1.82) is 0 Å². The van der Waals surface area contributed by atoms with Crippen molar-refractivity contribution >= 4 is 36.8 Å². The Hall–Kier alpha value is -1.52. The van der Waals surface area contributed by atoms with Crippen LogP contribution in [0.4, 0.5) is 0 Å². The van der Waals surface area contributed by atoms with E-state index in [0.29, 0.717) is 20.9 Å². The fraction of sp³-hybridized carbons (Fsp3) is 0.0667. The Labute approximate surface area is 122 Å². The van der Waals surface area contributed by atoms with Gasteiger partial charge in [0.2, 0.25) is 0 Å². The summed E-state index contributed by atoms with van der Waals surface area (Å²) in [7, 11) is 0. The molecule has 0 fully saturated rings. The number of benzene rings is 2. The van der Waals surface area contributed by atoms with Gasteiger partial charge in [-0.15, -0.1) is 25.3 Å². The molecule has 0 aromatic heterocycles. The standard InChI is InChI=1S/C15H12O2S2/c16-12(10-5-1-3-7-14(10)18)9-13(17)11-6-2-4-8-15(11)19/h1-8,18-19H,9H2. The average Bonchev–Trinajstić information content (AvgIpc) is 2.39. The molecular formula is C15H12O2S2. The minimum absolute atomic E-state index is 0.171. The minimum Gasteiger partial charge on any atom is -0.294 e. The first-order valence-corrected chi connectivity index (χ1v) is 6.61. The summed E-state index contributed by atoms with van der Waals surface area (Å²) in [5, 5.41) is 0. The average molecular weight is 288 g/mol. The van der Waals surface area contributed by atoms with Gasteiger partial charge in [-0.1, -0.05) is 36.4 Å². The maximum Gasteiger partial charge on any atom is 0.171 e. The Bertz CT molecular complexity index is 580. The molecule has 2 aromatic carbocycles. The van der Waals surface area contributed by atoms with Crippen LogP contribution < -0.4 is 0 Å². The molecule has 0 radical (unpaired) electrons. The highest BCUT2D eigenvalue weighted by Crippen LogP contribution is 2.19. The normalized spacial score (nSPS) is 10.2. The summed E-state index contributed by atoms with van der Waals surface area (Å²) in [6, 6.07) is 13.9. The van der Waals surface area contributed by atoms with Crippen LogP contribution in [0.3, 0.4) is 0 Å². The molecule has 0 aliphatic rings. The molecule has 2 nitrogen and oxygen atoms in total. The van der Waals surface area contributed by atoms with Crippen molar-refractivity contribution in [2.45, 2.75) is 16.2 Å². The van der Waals surface area contributed by atoms with Crippen LogP contribution in [0.25, 0.3) is 0 Å². The molecule has 19 heavy (non-hydrogen) atoms. The Kier molecular flexibility index (Phi) is 4.45. The third-order valence-corrected chi connectivity index (χ3v) is 3.51. The van der Waals surface area contributed by atoms with Crippen LogP contribution in [0.15, 0.2) is 58.3 Å². The van der Waals surface area contributed by atoms with E-state index in [1.165, 1.54) is 0 Å². The van der Waals surface area contributed by atoms with Gasteiger partial charge in [0, 0.05) is 20.9 Å². The molecule has 0 aliphatic heterocycles. The SMILES string of the molecule is O=C(CC(=O)c1ccccc1S)c1ccccc1S. The van der Waals surface area contributed by atoms with E-state index in [0.717, 1.165) is 0 Å². The Morgan fingerprint density at radius 1 is 0.737 bits per heavy atom. The molecule has 0 N–H and O–H groups in total. The van der Waals surface area contributed by atoms with E-state index in [4.69, 9.17) is 0 Å². The second kappa shape index (κ2) is 6.08. The number of Topliss-reactive ketones (excluding diaryl/α,β-unsaturated/α-hetero) is 2. The molecule has 2 rings (SSSR count). The number of thiol groups is 2. The minimum atomic E-state index is -0.229. The van der Waals surface area contributed by atoms with Gasteiger partial charge < -0.3 is 0 Å². The third kappa shape index (κ3) is 3.28. The van der Waals surface area contributed by atoms with E-state index in [-0.39, 0.29) is 18.0 Å². The number of rotatable bonds is 4. The van der Waals surface area contributed by atoms with Crippen molar-refractivity contribution in [2.24, 2.45) is 0 Å². The molecule has 4 heteroatoms. The number of ketones is 2. The van der Waals surface area contributed by atoms with Crippen LogP contribution >= 0.6 is 25.3 Å². The highest BCUT2D eigenvalue weighted by molar-refractivity contribution is 7.80. The van der Waals surface area contributed by atoms with Crippen molar-refractivity contribution in [2.75, 3.05) is 0 Å². The summed E-state index contributed by atoms with van der Waals surface area (Å²) in [6.07, 6.45) is -0.171. The lowest BCUT2D eigenvalue weighted by atomic mass is 10.0. The Morgan fingerprint density at radius 3 is 1.47 bits per heavy atom. The molecule has 0 spiro atoms. The number of carbonyl (C=O) groups is 2. The van der Waals surface area contributed by atoms with Crippen LogP contribution in [0.1, 0.15) is 27.1 Å². The number of carbonyl (C=O) groups excluding carboxylic acids is 2. The van der Waals surface area contributed by atoms with E-state index < -0.39 is 0 Å². The maximum absolute atomic E-state index is 12.1. The molecule has 0 heterocycles. The van der Waals surface area contributed by atoms with E-state index >= 15 is 0 Å². The van der Waals surface area contributed by atoms with Gasteiger partial charge in [0.05, 0.1) is 6.42 Å². The topological polar surface area (TPSA) is 34.1 Å². The fourth-order valence-electron chi connectivity index (χ4n) is 1.76. The van der Waals surface area contributed by atoms with Gasteiger partial charge in [-0.2, -0.15) is 0 Å². The van der Waals surface area contributed by atoms with Crippen molar-refractivity contribution in [1.82, 2.24) is 0 Å². The predicted molar refractivity (Wildman–Crippen MR) is 80.7 cm³/mol. The zero-order valence-electron chi connectivity index (χ0n) is 10.0. The van der Waals surface area contributed by atoms with Crippen LogP contribution in [-0.2, 0) is 0 Å². The summed E-state index contributed by atoms with van der Waals surface area (Å²) >= 11 is 8.44. The summed E-state index contributed by atoms with van der Waals surface area (Å²) < 4.78 is 0. The maximum atomic E-state index is 12.1. The quantitative estimate of drug-likeness (QED) is 0.511. The van der Waals surface area contributed by atoms with Crippen LogP contribution in [-0.4, -0.2) is 11.6 Å². The number of hydrogen-bond acceptors (Lipinski definition) is 4. The highest BCUT2D eigenvalue weighted by atomic mass is 32.1. The first-order valence-electron chi connectivity index (χ1n) is 5.72. The fourth-order valence-corrected chi connectivity index (χ4v) is 2.33. The molecule has 0 aliphatic carbocycles. The molecule has 2 aromatic rings. The van der Waals surface area contributed by atoms with Gasteiger partial charge >= 0.3 is 0 Å². The molecular weight excluding hydrogens is 276 g/mol. The third-order valence-electron chi connectivity index (χ3n) is 2.73. The van der Waals surface area contributed by atoms with Gasteiger partial charge in [-0.25, -0.2) is 0 Å². The highest BCUT2D eigenvalue weighted by Gasteiger charge is 2.16. The lowest BCUT2D eigenvalue weighted by Gasteiger charge is -2.05. The van der Waals surface area contributed by atoms with Crippen LogP contribution in [0.2, 0.25) is 0 Å². The molecule has 0 bridgehead atoms. The number of hydrogen-bond donors (Lipinski definition) is 2. The smallest absolute Gasteiger partial charge is 0.171 e. The summed E-state index contributed by atoms with van der Waals surface area (Å²) in [5.74, 6) is -0.459. The first-order chi connectivity index (χ1) is 9.09. The molecule has 0 saturated heterocycles. The Balaban J connectivity index is 2.19. The molecule has 0 amide bonds. The lowest BCUT2D eigenvalue weighted by Crippen LogP contribution is -2.09. The van der Waals surface area contributed by atoms with Gasteiger partial charge in [0.25, 0.3) is 0 Å². The zero-order chi connectivity index (χ0) is 13.8. The summed E-state index contributed by atoms with van der Waals surface area (Å²) in [5.41, 5.74) is 0.937. The monoisotopic (exact) mass is 288 g/mol. The molecule has 0 atom stereocenters. The van der Waals surface area contributed by atoms with Gasteiger partial charge in [-0.05, 0) is 12.1 Å². The second-order valence-electron chi connectivity index (χ2n) is 4.06. The van der Waals surface area contributed by atoms with Crippen molar-refractivity contribution in [3.8, 4) is 0 Å². The van der Waals surface area contributed by atoms with Gasteiger partial charge in [0.15, 0.2) is 11.6 Å². The Morgan fingerprint density at radius 2 is 1.11 bits per heavy atom. The van der Waals surface area contributed by atoms with Gasteiger partial charge in [0.1, 0.15) is 0 Å². The summed E-state index contributed by atoms with van der Waals surface area (Å²) in [4.78, 5) is 25.3. The lowest BCUT2D eigenvalue weighted by molar-refractivity contribution is 0.0891. The van der Waals surface area contributed by atoms with E-state index in [1.54, 1.807) is 48.5 Å². The van der Waals surface area contributed by atoms with Crippen LogP contribution in [0.5, 0.6) is 0 Å². The van der Waals surface area contributed by atoms with Crippen molar-refractivity contribution in [3.05, 3.63) is 59.7 Å². The molecule has 0 unspecified atom stereocenters. The predicted octanol–water partition coefficient (Wildman–Crippen LogP) is 3.72. The first kappa shape index (κ1) is 13.9. The van der Waals surface area contributed by atoms with Gasteiger partial charge in [-0.3, -0.25) is 9.59 Å². The van der Waals surface area contributed by atoms with Crippen molar-refractivity contribution < 1.29 is 9.59 Å². The van der Waals surface area contributed by atoms with Crippen molar-refractivity contribution in [3.63, 3.8) is 0 Å². The van der Waals surface area contributed by atoms with E-state index in [2.05, 4.69) is 25.3 Å². The van der Waals surface area contributed by atoms with Crippen LogP contribution in [0, 0.1) is 0 Å². The zero-order valence-corrected chi connectivity index (χ0v) is 11.8. The summed E-state index contributed by atoms with van der Waals surface area (Å²) in [6.45, 7) is 0.